The Morgan fingerprint density at radius 2 is 1.91 bits per heavy atom. The summed E-state index contributed by atoms with van der Waals surface area (Å²) in [7, 11) is 0. The van der Waals surface area contributed by atoms with E-state index in [2.05, 4.69) is 0 Å². The maximum absolute atomic E-state index is 12.6. The van der Waals surface area contributed by atoms with Crippen molar-refractivity contribution in [1.29, 1.82) is 5.41 Å². The second-order valence-corrected chi connectivity index (χ2v) is 6.87. The van der Waals surface area contributed by atoms with Crippen molar-refractivity contribution < 1.29 is 4.79 Å². The summed E-state index contributed by atoms with van der Waals surface area (Å²) in [6, 6.07) is 9.99. The molecule has 22 heavy (non-hydrogen) atoms. The van der Waals surface area contributed by atoms with Crippen molar-refractivity contribution in [3.63, 3.8) is 0 Å². The maximum atomic E-state index is 12.6. The number of nitrogens with zero attached hydrogens (tertiary/aromatic N) is 2. The van der Waals surface area contributed by atoms with Crippen LogP contribution in [0.3, 0.4) is 0 Å². The number of rotatable bonds is 4. The zero-order valence-corrected chi connectivity index (χ0v) is 14.7. The summed E-state index contributed by atoms with van der Waals surface area (Å²) in [5, 5.41) is 9.60. The van der Waals surface area contributed by atoms with Crippen LogP contribution in [-0.2, 0) is 17.9 Å². The number of carbonyl (C=O) groups excluding carboxylic acids is 1. The number of aromatic nitrogens is 1. The lowest BCUT2D eigenvalue weighted by Gasteiger charge is -2.36. The molecule has 0 saturated carbocycles. The number of thiazole rings is 1. The number of benzene rings is 1. The predicted molar refractivity (Wildman–Crippen MR) is 92.2 cm³/mol. The summed E-state index contributed by atoms with van der Waals surface area (Å²) in [5.41, 5.74) is 0.855. The van der Waals surface area contributed by atoms with Crippen molar-refractivity contribution in [2.75, 3.05) is 0 Å². The van der Waals surface area contributed by atoms with Gasteiger partial charge in [-0.2, -0.15) is 0 Å². The highest BCUT2D eigenvalue weighted by atomic mass is 35.5. The fourth-order valence-electron chi connectivity index (χ4n) is 2.12. The third-order valence-electron chi connectivity index (χ3n) is 3.28. The summed E-state index contributed by atoms with van der Waals surface area (Å²) < 4.78 is 1.68. The maximum Gasteiger partial charge on any atom is 0.243 e. The van der Waals surface area contributed by atoms with Gasteiger partial charge in [-0.25, -0.2) is 0 Å². The lowest BCUT2D eigenvalue weighted by Crippen LogP contribution is -2.47. The first-order valence-corrected chi connectivity index (χ1v) is 7.79. The molecule has 120 valence electrons. The van der Waals surface area contributed by atoms with Gasteiger partial charge in [0.2, 0.25) is 5.91 Å². The van der Waals surface area contributed by atoms with Crippen LogP contribution in [0, 0.1) is 5.41 Å². The van der Waals surface area contributed by atoms with E-state index in [1.165, 1.54) is 11.3 Å². The molecule has 2 rings (SSSR count). The van der Waals surface area contributed by atoms with E-state index in [0.717, 1.165) is 5.56 Å². The Bertz CT molecular complexity index is 658. The molecule has 0 spiro atoms. The van der Waals surface area contributed by atoms with Crippen LogP contribution in [0.15, 0.2) is 41.9 Å². The van der Waals surface area contributed by atoms with Crippen LogP contribution in [0.5, 0.6) is 0 Å². The number of hydrogen-bond acceptors (Lipinski definition) is 3. The molecule has 1 N–H and O–H groups in total. The largest absolute Gasteiger partial charge is 0.332 e. The van der Waals surface area contributed by atoms with Gasteiger partial charge in [0.05, 0.1) is 0 Å². The minimum atomic E-state index is -0.258. The number of amides is 1. The SMILES string of the molecule is CC(C)(C)N(Cc1ccccc1)C(=O)Cn1ccsc1=N.Cl. The van der Waals surface area contributed by atoms with E-state index in [1.54, 1.807) is 10.8 Å². The predicted octanol–water partition coefficient (Wildman–Crippen LogP) is 3.28. The van der Waals surface area contributed by atoms with Crippen molar-refractivity contribution >= 4 is 29.7 Å². The van der Waals surface area contributed by atoms with Gasteiger partial charge in [0.25, 0.3) is 0 Å². The minimum Gasteiger partial charge on any atom is -0.332 e. The van der Waals surface area contributed by atoms with Gasteiger partial charge in [0, 0.05) is 23.7 Å². The minimum absolute atomic E-state index is 0. The fraction of sp³-hybridized carbons (Fsp3) is 0.375. The molecule has 1 aromatic carbocycles. The Morgan fingerprint density at radius 3 is 2.41 bits per heavy atom. The monoisotopic (exact) mass is 339 g/mol. The molecule has 0 atom stereocenters. The molecule has 0 bridgehead atoms. The van der Waals surface area contributed by atoms with Gasteiger partial charge < -0.3 is 9.47 Å². The Morgan fingerprint density at radius 1 is 1.27 bits per heavy atom. The van der Waals surface area contributed by atoms with Crippen LogP contribution in [0.1, 0.15) is 26.3 Å². The molecule has 0 aliphatic heterocycles. The zero-order valence-electron chi connectivity index (χ0n) is 13.1. The molecule has 0 radical (unpaired) electrons. The van der Waals surface area contributed by atoms with Crippen molar-refractivity contribution in [3.8, 4) is 0 Å². The molecule has 0 unspecified atom stereocenters. The molecule has 0 fully saturated rings. The molecular formula is C16H22ClN3OS. The fourth-order valence-corrected chi connectivity index (χ4v) is 2.72. The topological polar surface area (TPSA) is 49.1 Å². The van der Waals surface area contributed by atoms with Gasteiger partial charge in [-0.15, -0.1) is 23.7 Å². The van der Waals surface area contributed by atoms with Crippen molar-refractivity contribution in [2.24, 2.45) is 0 Å². The van der Waals surface area contributed by atoms with Crippen molar-refractivity contribution in [2.45, 2.75) is 39.4 Å². The molecule has 0 saturated heterocycles. The first-order chi connectivity index (χ1) is 9.88. The lowest BCUT2D eigenvalue weighted by molar-refractivity contribution is -0.137. The Hall–Kier alpha value is -1.59. The van der Waals surface area contributed by atoms with E-state index in [9.17, 15) is 4.79 Å². The van der Waals surface area contributed by atoms with Gasteiger partial charge in [-0.3, -0.25) is 10.2 Å². The van der Waals surface area contributed by atoms with E-state index < -0.39 is 0 Å². The Labute approximate surface area is 141 Å². The number of nitrogens with one attached hydrogen (secondary N) is 1. The van der Waals surface area contributed by atoms with Crippen molar-refractivity contribution in [1.82, 2.24) is 9.47 Å². The van der Waals surface area contributed by atoms with Crippen LogP contribution in [0.25, 0.3) is 0 Å². The number of hydrogen-bond donors (Lipinski definition) is 1. The molecule has 6 heteroatoms. The smallest absolute Gasteiger partial charge is 0.243 e. The summed E-state index contributed by atoms with van der Waals surface area (Å²) in [6.45, 7) is 6.91. The van der Waals surface area contributed by atoms with Gasteiger partial charge >= 0.3 is 0 Å². The van der Waals surface area contributed by atoms with E-state index in [-0.39, 0.29) is 30.4 Å². The molecular weight excluding hydrogens is 318 g/mol. The Balaban J connectivity index is 0.00000242. The third kappa shape index (κ3) is 4.71. The second kappa shape index (κ2) is 7.61. The quantitative estimate of drug-likeness (QED) is 0.913. The van der Waals surface area contributed by atoms with Crippen LogP contribution >= 0.6 is 23.7 Å². The van der Waals surface area contributed by atoms with Gasteiger partial charge in [0.1, 0.15) is 6.54 Å². The summed E-state index contributed by atoms with van der Waals surface area (Å²) >= 11 is 1.33. The Kier molecular flexibility index (Phi) is 6.38. The summed E-state index contributed by atoms with van der Waals surface area (Å²) in [6.07, 6.45) is 1.79. The van der Waals surface area contributed by atoms with E-state index in [4.69, 9.17) is 5.41 Å². The van der Waals surface area contributed by atoms with Crippen LogP contribution < -0.4 is 4.80 Å². The highest BCUT2D eigenvalue weighted by Crippen LogP contribution is 2.18. The molecule has 1 amide bonds. The summed E-state index contributed by atoms with van der Waals surface area (Å²) in [5.74, 6) is 0.0308. The normalized spacial score (nSPS) is 10.9. The third-order valence-corrected chi connectivity index (χ3v) is 4.00. The average molecular weight is 340 g/mol. The van der Waals surface area contributed by atoms with Gasteiger partial charge in [-0.05, 0) is 26.3 Å². The standard InChI is InChI=1S/C16H21N3OS.ClH/c1-16(2,3)19(11-13-7-5-4-6-8-13)14(20)12-18-9-10-21-15(18)17;/h4-10,17H,11-12H2,1-3H3;1H. The molecule has 1 aromatic heterocycles. The molecule has 1 heterocycles. The van der Waals surface area contributed by atoms with Gasteiger partial charge in [-0.1, -0.05) is 30.3 Å². The van der Waals surface area contributed by atoms with Crippen LogP contribution in [0.2, 0.25) is 0 Å². The second-order valence-electron chi connectivity index (χ2n) is 5.97. The number of halogens is 1. The average Bonchev–Trinajstić information content (AvgIpc) is 2.81. The highest BCUT2D eigenvalue weighted by Gasteiger charge is 2.26. The number of carbonyl (C=O) groups is 1. The first-order valence-electron chi connectivity index (χ1n) is 6.91. The van der Waals surface area contributed by atoms with Crippen LogP contribution in [-0.4, -0.2) is 20.9 Å². The van der Waals surface area contributed by atoms with Gasteiger partial charge in [0.15, 0.2) is 4.80 Å². The molecule has 0 aliphatic rings. The lowest BCUT2D eigenvalue weighted by atomic mass is 10.0. The van der Waals surface area contributed by atoms with E-state index in [0.29, 0.717) is 11.3 Å². The summed E-state index contributed by atoms with van der Waals surface area (Å²) in [4.78, 5) is 14.9. The molecule has 4 nitrogen and oxygen atoms in total. The van der Waals surface area contributed by atoms with E-state index >= 15 is 0 Å². The molecule has 0 aliphatic carbocycles. The highest BCUT2D eigenvalue weighted by molar-refractivity contribution is 7.06. The van der Waals surface area contributed by atoms with Crippen LogP contribution in [0.4, 0.5) is 0 Å². The molecule has 2 aromatic rings. The zero-order chi connectivity index (χ0) is 15.5. The first kappa shape index (κ1) is 18.5. The van der Waals surface area contributed by atoms with Crippen molar-refractivity contribution in [3.05, 3.63) is 52.3 Å². The van der Waals surface area contributed by atoms with E-state index in [1.807, 2.05) is 61.4 Å².